The van der Waals surface area contributed by atoms with E-state index >= 15 is 0 Å². The average Bonchev–Trinajstić information content (AvgIpc) is 3.40. The number of aryl methyl sites for hydroxylation is 1. The van der Waals surface area contributed by atoms with Gasteiger partial charge in [0.15, 0.2) is 5.66 Å². The third kappa shape index (κ3) is 2.11. The topological polar surface area (TPSA) is 71.6 Å². The van der Waals surface area contributed by atoms with Gasteiger partial charge < -0.3 is 18.9 Å². The normalized spacial score (nSPS) is 21.0. The molecule has 0 N–H and O–H groups in total. The lowest BCUT2D eigenvalue weighted by Gasteiger charge is -2.47. The predicted molar refractivity (Wildman–Crippen MR) is 95.8 cm³/mol. The van der Waals surface area contributed by atoms with Crippen molar-refractivity contribution in [2.24, 2.45) is 0 Å². The highest BCUT2D eigenvalue weighted by molar-refractivity contribution is 5.98. The molecule has 7 nitrogen and oxygen atoms in total. The molecule has 0 saturated carbocycles. The molecule has 2 aliphatic rings. The van der Waals surface area contributed by atoms with Gasteiger partial charge in [-0.05, 0) is 31.2 Å². The minimum absolute atomic E-state index is 0.183. The van der Waals surface area contributed by atoms with Crippen LogP contribution in [0, 0.1) is 12.7 Å². The number of fused-ring (bicyclic) bond motifs is 2. The van der Waals surface area contributed by atoms with Crippen LogP contribution in [0.15, 0.2) is 53.4 Å². The molecule has 3 aromatic rings. The highest BCUT2D eigenvalue weighted by Crippen LogP contribution is 2.43. The fourth-order valence-electron chi connectivity index (χ4n) is 4.33. The zero-order valence-electron chi connectivity index (χ0n) is 15.1. The van der Waals surface area contributed by atoms with Crippen molar-refractivity contribution in [1.82, 2.24) is 19.5 Å². The Balaban J connectivity index is 1.72. The van der Waals surface area contributed by atoms with Gasteiger partial charge in [0.1, 0.15) is 23.3 Å². The number of aromatic nitrogens is 2. The lowest BCUT2D eigenvalue weighted by molar-refractivity contribution is -0.00612. The second-order valence-corrected chi connectivity index (χ2v) is 7.08. The minimum atomic E-state index is -1.12. The molecule has 2 amide bonds. The summed E-state index contributed by atoms with van der Waals surface area (Å²) in [5.74, 6) is -0.898. The first-order valence-electron chi connectivity index (χ1n) is 8.98. The van der Waals surface area contributed by atoms with E-state index in [4.69, 9.17) is 4.52 Å². The largest absolute Gasteiger partial charge is 0.364 e. The summed E-state index contributed by atoms with van der Waals surface area (Å²) in [6, 6.07) is 9.64. The molecule has 1 atom stereocenters. The van der Waals surface area contributed by atoms with E-state index in [2.05, 4.69) is 5.16 Å². The second-order valence-electron chi connectivity index (χ2n) is 7.08. The van der Waals surface area contributed by atoms with Gasteiger partial charge in [-0.2, -0.15) is 0 Å². The van der Waals surface area contributed by atoms with Crippen molar-refractivity contribution in [3.63, 3.8) is 0 Å². The van der Waals surface area contributed by atoms with Gasteiger partial charge in [0.25, 0.3) is 11.8 Å². The lowest BCUT2D eigenvalue weighted by atomic mass is 9.93. The summed E-state index contributed by atoms with van der Waals surface area (Å²) in [6.07, 6.45) is 3.11. The number of nitrogens with zero attached hydrogens (tertiary/aromatic N) is 4. The first-order chi connectivity index (χ1) is 13.5. The molecule has 0 aliphatic carbocycles. The van der Waals surface area contributed by atoms with Gasteiger partial charge in [-0.1, -0.05) is 17.3 Å². The maximum Gasteiger partial charge on any atom is 0.272 e. The Hall–Kier alpha value is -3.42. The van der Waals surface area contributed by atoms with Crippen molar-refractivity contribution in [2.75, 3.05) is 13.1 Å². The molecule has 5 rings (SSSR count). The van der Waals surface area contributed by atoms with Crippen molar-refractivity contribution in [2.45, 2.75) is 19.1 Å². The molecule has 0 bridgehead atoms. The number of halogens is 1. The van der Waals surface area contributed by atoms with Crippen molar-refractivity contribution in [3.05, 3.63) is 77.2 Å². The van der Waals surface area contributed by atoms with Crippen molar-refractivity contribution >= 4 is 11.8 Å². The quantitative estimate of drug-likeness (QED) is 0.684. The van der Waals surface area contributed by atoms with Crippen LogP contribution in [0.5, 0.6) is 0 Å². The molecule has 1 saturated heterocycles. The van der Waals surface area contributed by atoms with Crippen LogP contribution >= 0.6 is 0 Å². The molecule has 8 heteroatoms. The van der Waals surface area contributed by atoms with E-state index in [0.717, 1.165) is 0 Å². The molecule has 1 fully saturated rings. The van der Waals surface area contributed by atoms with Gasteiger partial charge in [-0.25, -0.2) is 4.39 Å². The maximum atomic E-state index is 14.1. The molecule has 4 heterocycles. The second kappa shape index (κ2) is 5.79. The summed E-state index contributed by atoms with van der Waals surface area (Å²) in [5, 5.41) is 3.80. The number of amides is 2. The Kier molecular flexibility index (Phi) is 3.46. The molecule has 0 radical (unpaired) electrons. The van der Waals surface area contributed by atoms with Crippen LogP contribution in [-0.4, -0.2) is 44.4 Å². The predicted octanol–water partition coefficient (Wildman–Crippen LogP) is 2.39. The molecule has 2 aliphatic heterocycles. The number of carbonyl (C=O) groups excluding carboxylic acids is 2. The molecule has 1 aromatic carbocycles. The van der Waals surface area contributed by atoms with Crippen LogP contribution in [-0.2, 0) is 12.2 Å². The lowest BCUT2D eigenvalue weighted by Crippen LogP contribution is -2.60. The van der Waals surface area contributed by atoms with Crippen LogP contribution in [0.25, 0.3) is 0 Å². The molecular formula is C20H17FN4O3. The van der Waals surface area contributed by atoms with Gasteiger partial charge >= 0.3 is 0 Å². The number of benzene rings is 1. The number of carbonyl (C=O) groups is 2. The summed E-state index contributed by atoms with van der Waals surface area (Å²) >= 11 is 0. The molecule has 142 valence electrons. The summed E-state index contributed by atoms with van der Waals surface area (Å²) in [7, 11) is 0. The van der Waals surface area contributed by atoms with Crippen LogP contribution in [0.2, 0.25) is 0 Å². The van der Waals surface area contributed by atoms with E-state index in [1.54, 1.807) is 47.2 Å². The first-order valence-corrected chi connectivity index (χ1v) is 8.98. The van der Waals surface area contributed by atoms with Crippen LogP contribution < -0.4 is 0 Å². The Morgan fingerprint density at radius 1 is 1.25 bits per heavy atom. The SMILES string of the molecule is Cc1nocc1C(=O)N1CCN2C(=O)c3cccn3CC12c1cccc(F)c1. The van der Waals surface area contributed by atoms with Gasteiger partial charge in [0.05, 0.1) is 12.2 Å². The van der Waals surface area contributed by atoms with E-state index in [0.29, 0.717) is 42.1 Å². The maximum absolute atomic E-state index is 14.1. The van der Waals surface area contributed by atoms with E-state index in [1.165, 1.54) is 18.4 Å². The Labute approximate surface area is 159 Å². The molecular weight excluding hydrogens is 363 g/mol. The highest BCUT2D eigenvalue weighted by atomic mass is 19.1. The van der Waals surface area contributed by atoms with E-state index in [-0.39, 0.29) is 11.8 Å². The zero-order valence-corrected chi connectivity index (χ0v) is 15.1. The molecule has 1 unspecified atom stereocenters. The smallest absolute Gasteiger partial charge is 0.272 e. The van der Waals surface area contributed by atoms with Gasteiger partial charge in [-0.3, -0.25) is 9.59 Å². The Morgan fingerprint density at radius 3 is 2.86 bits per heavy atom. The van der Waals surface area contributed by atoms with Crippen LogP contribution in [0.3, 0.4) is 0 Å². The summed E-state index contributed by atoms with van der Waals surface area (Å²) in [5.41, 5.74) is 0.805. The van der Waals surface area contributed by atoms with Crippen molar-refractivity contribution < 1.29 is 18.5 Å². The third-order valence-electron chi connectivity index (χ3n) is 5.64. The standard InChI is InChI=1S/C20H17FN4O3/c1-13-16(11-28-22-13)18(26)24-8-9-25-19(27)17-6-3-7-23(17)12-20(24,25)14-4-2-5-15(21)10-14/h2-7,10-11H,8-9,12H2,1H3. The van der Waals surface area contributed by atoms with Gasteiger partial charge in [0.2, 0.25) is 0 Å². The first kappa shape index (κ1) is 16.7. The summed E-state index contributed by atoms with van der Waals surface area (Å²) in [4.78, 5) is 29.9. The van der Waals surface area contributed by atoms with Gasteiger partial charge in [-0.15, -0.1) is 0 Å². The Morgan fingerprint density at radius 2 is 2.11 bits per heavy atom. The van der Waals surface area contributed by atoms with E-state index in [1.807, 2.05) is 4.57 Å². The number of hydrogen-bond donors (Lipinski definition) is 0. The third-order valence-corrected chi connectivity index (χ3v) is 5.64. The van der Waals surface area contributed by atoms with Crippen LogP contribution in [0.4, 0.5) is 4.39 Å². The highest BCUT2D eigenvalue weighted by Gasteiger charge is 2.56. The molecule has 28 heavy (non-hydrogen) atoms. The fourth-order valence-corrected chi connectivity index (χ4v) is 4.33. The number of rotatable bonds is 2. The average molecular weight is 380 g/mol. The van der Waals surface area contributed by atoms with Gasteiger partial charge in [0, 0.05) is 24.8 Å². The van der Waals surface area contributed by atoms with E-state index < -0.39 is 11.5 Å². The molecule has 0 spiro atoms. The van der Waals surface area contributed by atoms with Crippen LogP contribution in [0.1, 0.15) is 32.1 Å². The summed E-state index contributed by atoms with van der Waals surface area (Å²) < 4.78 is 20.9. The zero-order chi connectivity index (χ0) is 19.5. The Bertz CT molecular complexity index is 1100. The molecule has 2 aromatic heterocycles. The monoisotopic (exact) mass is 380 g/mol. The fraction of sp³-hybridized carbons (Fsp3) is 0.250. The minimum Gasteiger partial charge on any atom is -0.364 e. The number of hydrogen-bond acceptors (Lipinski definition) is 4. The summed E-state index contributed by atoms with van der Waals surface area (Å²) in [6.45, 7) is 2.70. The van der Waals surface area contributed by atoms with Crippen molar-refractivity contribution in [3.8, 4) is 0 Å². The van der Waals surface area contributed by atoms with E-state index in [9.17, 15) is 14.0 Å². The van der Waals surface area contributed by atoms with Crippen molar-refractivity contribution in [1.29, 1.82) is 0 Å².